The van der Waals surface area contributed by atoms with Crippen LogP contribution in [0.3, 0.4) is 0 Å². The highest BCUT2D eigenvalue weighted by molar-refractivity contribution is 5.85. The third-order valence-electron chi connectivity index (χ3n) is 4.41. The van der Waals surface area contributed by atoms with Gasteiger partial charge in [0.25, 0.3) is 0 Å². The smallest absolute Gasteiger partial charge is 0.407 e. The molecule has 1 aromatic carbocycles. The Morgan fingerprint density at radius 2 is 1.92 bits per heavy atom. The van der Waals surface area contributed by atoms with E-state index in [1.807, 2.05) is 6.07 Å². The van der Waals surface area contributed by atoms with Crippen molar-refractivity contribution in [2.45, 2.75) is 38.3 Å². The molecule has 1 atom stereocenters. The maximum absolute atomic E-state index is 12.1. The van der Waals surface area contributed by atoms with E-state index in [9.17, 15) is 9.59 Å². The van der Waals surface area contributed by atoms with Crippen LogP contribution in [0.4, 0.5) is 4.79 Å². The second-order valence-corrected chi connectivity index (χ2v) is 6.22. The molecule has 0 bridgehead atoms. The number of alkyl carbamates (subject to hydrolysis) is 1. The number of benzene rings is 1. The molecule has 1 fully saturated rings. The fourth-order valence-corrected chi connectivity index (χ4v) is 2.86. The van der Waals surface area contributed by atoms with Crippen molar-refractivity contribution >= 4 is 12.0 Å². The average Bonchev–Trinajstić information content (AvgIpc) is 2.61. The fraction of sp³-hybridized carbons (Fsp3) is 0.556. The van der Waals surface area contributed by atoms with Gasteiger partial charge in [-0.1, -0.05) is 30.3 Å². The van der Waals surface area contributed by atoms with Gasteiger partial charge in [0, 0.05) is 25.7 Å². The number of methoxy groups -OCH3 is 1. The number of hydrogen-bond donors (Lipinski definition) is 2. The van der Waals surface area contributed by atoms with Crippen LogP contribution in [0.2, 0.25) is 0 Å². The van der Waals surface area contributed by atoms with Crippen LogP contribution in [0, 0.1) is 0 Å². The summed E-state index contributed by atoms with van der Waals surface area (Å²) in [5, 5.41) is 5.49. The standard InChI is InChI=1S/C18H27N3O3/c1-14(19-18(23)24-2)17(22)20-16-9-12-21(13-10-16)11-8-15-6-4-3-5-7-15/h3-7,14,16H,8-13H2,1-2H3,(H,19,23)(H,20,22)/t14-/m1/s1. The molecule has 0 aliphatic carbocycles. The molecular weight excluding hydrogens is 306 g/mol. The van der Waals surface area contributed by atoms with Gasteiger partial charge in [0.05, 0.1) is 7.11 Å². The molecule has 1 aliphatic heterocycles. The number of rotatable bonds is 6. The molecule has 0 saturated carbocycles. The third-order valence-corrected chi connectivity index (χ3v) is 4.41. The molecule has 0 spiro atoms. The molecule has 2 rings (SSSR count). The first-order valence-corrected chi connectivity index (χ1v) is 8.49. The summed E-state index contributed by atoms with van der Waals surface area (Å²) in [5.74, 6) is -0.164. The summed E-state index contributed by atoms with van der Waals surface area (Å²) in [6.45, 7) is 4.67. The van der Waals surface area contributed by atoms with Crippen LogP contribution >= 0.6 is 0 Å². The number of nitrogens with zero attached hydrogens (tertiary/aromatic N) is 1. The van der Waals surface area contributed by atoms with Gasteiger partial charge in [-0.15, -0.1) is 0 Å². The highest BCUT2D eigenvalue weighted by Gasteiger charge is 2.23. The molecule has 1 aromatic rings. The number of ether oxygens (including phenoxy) is 1. The maximum atomic E-state index is 12.1. The molecule has 132 valence electrons. The lowest BCUT2D eigenvalue weighted by Crippen LogP contribution is -2.51. The summed E-state index contributed by atoms with van der Waals surface area (Å²) in [6.07, 6.45) is 2.34. The van der Waals surface area contributed by atoms with Crippen LogP contribution in [0.15, 0.2) is 30.3 Å². The molecule has 2 N–H and O–H groups in total. The van der Waals surface area contributed by atoms with Gasteiger partial charge in [-0.05, 0) is 31.7 Å². The van der Waals surface area contributed by atoms with E-state index in [1.165, 1.54) is 12.7 Å². The van der Waals surface area contributed by atoms with Gasteiger partial charge in [0.2, 0.25) is 5.91 Å². The lowest BCUT2D eigenvalue weighted by Gasteiger charge is -2.32. The fourth-order valence-electron chi connectivity index (χ4n) is 2.86. The third kappa shape index (κ3) is 5.85. The summed E-state index contributed by atoms with van der Waals surface area (Å²) < 4.78 is 4.50. The molecule has 1 heterocycles. The van der Waals surface area contributed by atoms with Crippen molar-refractivity contribution in [3.05, 3.63) is 35.9 Å². The molecule has 6 heteroatoms. The number of carbonyl (C=O) groups is 2. The Balaban J connectivity index is 1.67. The van der Waals surface area contributed by atoms with Crippen LogP contribution in [-0.4, -0.2) is 55.7 Å². The van der Waals surface area contributed by atoms with Crippen molar-refractivity contribution in [2.24, 2.45) is 0 Å². The second kappa shape index (κ2) is 9.27. The molecule has 2 amide bonds. The van der Waals surface area contributed by atoms with E-state index in [0.717, 1.165) is 38.9 Å². The molecule has 1 saturated heterocycles. The van der Waals surface area contributed by atoms with Crippen molar-refractivity contribution in [3.8, 4) is 0 Å². The first-order valence-electron chi connectivity index (χ1n) is 8.49. The molecule has 24 heavy (non-hydrogen) atoms. The molecule has 0 unspecified atom stereocenters. The van der Waals surface area contributed by atoms with Crippen LogP contribution in [-0.2, 0) is 16.0 Å². The zero-order valence-electron chi connectivity index (χ0n) is 14.5. The monoisotopic (exact) mass is 333 g/mol. The Labute approximate surface area is 143 Å². The van der Waals surface area contributed by atoms with E-state index >= 15 is 0 Å². The van der Waals surface area contributed by atoms with Gasteiger partial charge >= 0.3 is 6.09 Å². The summed E-state index contributed by atoms with van der Waals surface area (Å²) >= 11 is 0. The van der Waals surface area contributed by atoms with Gasteiger partial charge in [-0.2, -0.15) is 0 Å². The molecular formula is C18H27N3O3. The first-order chi connectivity index (χ1) is 11.6. The van der Waals surface area contributed by atoms with E-state index < -0.39 is 12.1 Å². The van der Waals surface area contributed by atoms with Gasteiger partial charge in [-0.3, -0.25) is 4.79 Å². The molecule has 0 aromatic heterocycles. The highest BCUT2D eigenvalue weighted by atomic mass is 16.5. The van der Waals surface area contributed by atoms with E-state index in [4.69, 9.17) is 0 Å². The largest absolute Gasteiger partial charge is 0.453 e. The Morgan fingerprint density at radius 3 is 2.54 bits per heavy atom. The second-order valence-electron chi connectivity index (χ2n) is 6.22. The number of likely N-dealkylation sites (tertiary alicyclic amines) is 1. The number of carbonyl (C=O) groups excluding carboxylic acids is 2. The normalized spacial score (nSPS) is 17.1. The van der Waals surface area contributed by atoms with E-state index in [-0.39, 0.29) is 11.9 Å². The number of piperidine rings is 1. The highest BCUT2D eigenvalue weighted by Crippen LogP contribution is 2.11. The minimum absolute atomic E-state index is 0.164. The Kier molecular flexibility index (Phi) is 7.06. The maximum Gasteiger partial charge on any atom is 0.407 e. The van der Waals surface area contributed by atoms with E-state index in [0.29, 0.717) is 0 Å². The van der Waals surface area contributed by atoms with Crippen molar-refractivity contribution in [2.75, 3.05) is 26.7 Å². The Bertz CT molecular complexity index is 528. The molecule has 0 radical (unpaired) electrons. The van der Waals surface area contributed by atoms with Crippen molar-refractivity contribution in [1.82, 2.24) is 15.5 Å². The van der Waals surface area contributed by atoms with Gasteiger partial charge in [0.1, 0.15) is 6.04 Å². The predicted molar refractivity (Wildman–Crippen MR) is 92.8 cm³/mol. The average molecular weight is 333 g/mol. The quantitative estimate of drug-likeness (QED) is 0.829. The van der Waals surface area contributed by atoms with Crippen LogP contribution in [0.1, 0.15) is 25.3 Å². The number of hydrogen-bond acceptors (Lipinski definition) is 4. The zero-order chi connectivity index (χ0) is 17.4. The van der Waals surface area contributed by atoms with E-state index in [1.54, 1.807) is 6.92 Å². The summed E-state index contributed by atoms with van der Waals surface area (Å²) in [6, 6.07) is 10.1. The summed E-state index contributed by atoms with van der Waals surface area (Å²) in [7, 11) is 1.28. The van der Waals surface area contributed by atoms with Crippen LogP contribution in [0.5, 0.6) is 0 Å². The van der Waals surface area contributed by atoms with Gasteiger partial charge in [0.15, 0.2) is 0 Å². The predicted octanol–water partition coefficient (Wildman–Crippen LogP) is 1.55. The van der Waals surface area contributed by atoms with Crippen molar-refractivity contribution in [3.63, 3.8) is 0 Å². The first kappa shape index (κ1) is 18.3. The zero-order valence-corrected chi connectivity index (χ0v) is 14.5. The van der Waals surface area contributed by atoms with Crippen LogP contribution in [0.25, 0.3) is 0 Å². The number of nitrogens with one attached hydrogen (secondary N) is 2. The van der Waals surface area contributed by atoms with E-state index in [2.05, 4.69) is 44.5 Å². The molecule has 6 nitrogen and oxygen atoms in total. The Hall–Kier alpha value is -2.08. The number of amides is 2. The van der Waals surface area contributed by atoms with Crippen LogP contribution < -0.4 is 10.6 Å². The minimum Gasteiger partial charge on any atom is -0.453 e. The van der Waals surface area contributed by atoms with Gasteiger partial charge < -0.3 is 20.3 Å². The summed E-state index contributed by atoms with van der Waals surface area (Å²) in [5.41, 5.74) is 1.36. The lowest BCUT2D eigenvalue weighted by molar-refractivity contribution is -0.123. The van der Waals surface area contributed by atoms with Crippen molar-refractivity contribution < 1.29 is 14.3 Å². The molecule has 1 aliphatic rings. The SMILES string of the molecule is COC(=O)N[C@H](C)C(=O)NC1CCN(CCc2ccccc2)CC1. The van der Waals surface area contributed by atoms with Crippen molar-refractivity contribution in [1.29, 1.82) is 0 Å². The topological polar surface area (TPSA) is 70.7 Å². The summed E-state index contributed by atoms with van der Waals surface area (Å²) in [4.78, 5) is 25.6. The van der Waals surface area contributed by atoms with Gasteiger partial charge in [-0.25, -0.2) is 4.79 Å². The Morgan fingerprint density at radius 1 is 1.25 bits per heavy atom. The minimum atomic E-state index is -0.589. The lowest BCUT2D eigenvalue weighted by atomic mass is 10.0.